The zero-order chi connectivity index (χ0) is 18.9. The molecule has 0 amide bonds. The highest BCUT2D eigenvalue weighted by molar-refractivity contribution is 9.09. The van der Waals surface area contributed by atoms with Crippen LogP contribution in [0.4, 0.5) is 0 Å². The minimum Gasteiger partial charge on any atom is -0.369 e. The van der Waals surface area contributed by atoms with Crippen LogP contribution in [-0.4, -0.2) is 40.0 Å². The molecule has 0 aromatic rings. The lowest BCUT2D eigenvalue weighted by atomic mass is 10.2. The summed E-state index contributed by atoms with van der Waals surface area (Å²) < 4.78 is 17.0. The fraction of sp³-hybridized carbons (Fsp3) is 1.00. The Bertz CT molecular complexity index is 257. The minimum absolute atomic E-state index is 0.498. The van der Waals surface area contributed by atoms with Crippen molar-refractivity contribution in [3.8, 4) is 0 Å². The van der Waals surface area contributed by atoms with Crippen LogP contribution in [0.2, 0.25) is 0 Å². The van der Waals surface area contributed by atoms with E-state index in [-0.39, 0.29) is 0 Å². The van der Waals surface area contributed by atoms with Gasteiger partial charge in [-0.1, -0.05) is 82.6 Å². The molecule has 0 aromatic heterocycles. The topological polar surface area (TPSA) is 27.7 Å². The van der Waals surface area contributed by atoms with Crippen molar-refractivity contribution in [1.82, 2.24) is 0 Å². The van der Waals surface area contributed by atoms with Crippen molar-refractivity contribution in [2.24, 2.45) is 0 Å². The summed E-state index contributed by atoms with van der Waals surface area (Å²) >= 11 is 28.9. The second-order valence-corrected chi connectivity index (χ2v) is 9.32. The van der Waals surface area contributed by atoms with E-state index in [1.54, 1.807) is 0 Å². The first-order chi connectivity index (χ1) is 12.0. The summed E-state index contributed by atoms with van der Waals surface area (Å²) in [4.78, 5) is 0. The maximum atomic E-state index is 6.24. The predicted octanol–water partition coefficient (Wildman–Crippen LogP) is 7.41. The monoisotopic (exact) mass is 608 g/mol. The van der Waals surface area contributed by atoms with E-state index in [1.165, 1.54) is 0 Å². The van der Waals surface area contributed by atoms with Crippen LogP contribution >= 0.6 is 82.6 Å². The molecule has 0 aliphatic carbocycles. The maximum Gasteiger partial charge on any atom is 0.642 e. The summed E-state index contributed by atoms with van der Waals surface area (Å²) in [7, 11) is -0.954. The molecule has 0 saturated heterocycles. The number of hydrogen-bond acceptors (Lipinski definition) is 3. The molecule has 0 aliphatic rings. The summed E-state index contributed by atoms with van der Waals surface area (Å²) in [5.74, 6) is 0. The average molecular weight is 612 g/mol. The first kappa shape index (κ1) is 27.3. The molecule has 25 heavy (non-hydrogen) atoms. The Morgan fingerprint density at radius 1 is 0.560 bits per heavy atom. The Hall–Kier alpha value is 2.25. The largest absolute Gasteiger partial charge is 0.642 e. The lowest BCUT2D eigenvalue weighted by Gasteiger charge is -2.22. The number of rotatable bonds is 18. The molecule has 0 saturated carbocycles. The van der Waals surface area contributed by atoms with E-state index in [9.17, 15) is 0 Å². The van der Waals surface area contributed by atoms with Gasteiger partial charge in [-0.25, -0.2) is 0 Å². The van der Waals surface area contributed by atoms with E-state index in [2.05, 4.69) is 47.8 Å². The molecule has 0 heterocycles. The SMILES string of the molecule is ClC(CCCCBr)OB(OC(Cl)CCCCBr)OC(Cl)CCCCBr. The highest BCUT2D eigenvalue weighted by Gasteiger charge is 2.30. The van der Waals surface area contributed by atoms with E-state index < -0.39 is 24.0 Å². The molecule has 0 rings (SSSR count). The van der Waals surface area contributed by atoms with Gasteiger partial charge >= 0.3 is 7.32 Å². The zero-order valence-corrected chi connectivity index (χ0v) is 21.3. The molecular formula is C15H27BBr3Cl3O3. The summed E-state index contributed by atoms with van der Waals surface area (Å²) in [6, 6.07) is 0. The van der Waals surface area contributed by atoms with Crippen LogP contribution in [0.3, 0.4) is 0 Å². The van der Waals surface area contributed by atoms with Gasteiger partial charge in [-0.05, 0) is 57.8 Å². The first-order valence-electron chi connectivity index (χ1n) is 8.60. The molecule has 10 heteroatoms. The van der Waals surface area contributed by atoms with E-state index in [0.29, 0.717) is 19.3 Å². The number of halogens is 6. The van der Waals surface area contributed by atoms with Crippen molar-refractivity contribution in [3.63, 3.8) is 0 Å². The van der Waals surface area contributed by atoms with Crippen molar-refractivity contribution in [1.29, 1.82) is 0 Å². The third-order valence-corrected chi connectivity index (χ3v) is 5.87. The molecule has 0 aliphatic heterocycles. The molecule has 0 aromatic carbocycles. The number of hydrogen-bond donors (Lipinski definition) is 0. The van der Waals surface area contributed by atoms with E-state index in [0.717, 1.165) is 54.5 Å². The zero-order valence-electron chi connectivity index (χ0n) is 14.3. The molecular weight excluding hydrogens is 585 g/mol. The third-order valence-electron chi connectivity index (χ3n) is 3.22. The highest BCUT2D eigenvalue weighted by atomic mass is 79.9. The smallest absolute Gasteiger partial charge is 0.369 e. The Balaban J connectivity index is 4.37. The average Bonchev–Trinajstić information content (AvgIpc) is 2.55. The van der Waals surface area contributed by atoms with Crippen LogP contribution in [0, 0.1) is 0 Å². The van der Waals surface area contributed by atoms with Gasteiger partial charge in [0.25, 0.3) is 0 Å². The molecule has 0 radical (unpaired) electrons. The molecule has 0 fully saturated rings. The van der Waals surface area contributed by atoms with E-state index >= 15 is 0 Å². The number of unbranched alkanes of at least 4 members (excludes halogenated alkanes) is 3. The quantitative estimate of drug-likeness (QED) is 0.0918. The lowest BCUT2D eigenvalue weighted by molar-refractivity contribution is 0.0568. The van der Waals surface area contributed by atoms with Gasteiger partial charge in [-0.2, -0.15) is 0 Å². The molecule has 3 nitrogen and oxygen atoms in total. The van der Waals surface area contributed by atoms with Crippen molar-refractivity contribution >= 4 is 89.9 Å². The summed E-state index contributed by atoms with van der Waals surface area (Å²) in [5.41, 5.74) is -1.49. The summed E-state index contributed by atoms with van der Waals surface area (Å²) in [6.45, 7) is 0. The molecule has 3 unspecified atom stereocenters. The van der Waals surface area contributed by atoms with Crippen LogP contribution in [0.25, 0.3) is 0 Å². The maximum absolute atomic E-state index is 6.24. The van der Waals surface area contributed by atoms with Gasteiger partial charge in [0.2, 0.25) is 0 Å². The van der Waals surface area contributed by atoms with Crippen molar-refractivity contribution in [2.45, 2.75) is 74.5 Å². The van der Waals surface area contributed by atoms with Crippen LogP contribution in [0.15, 0.2) is 0 Å². The fourth-order valence-electron chi connectivity index (χ4n) is 1.86. The fourth-order valence-corrected chi connectivity index (χ4v) is 3.76. The minimum atomic E-state index is -0.954. The molecule has 3 atom stereocenters. The van der Waals surface area contributed by atoms with Crippen molar-refractivity contribution in [2.75, 3.05) is 16.0 Å². The molecule has 150 valence electrons. The molecule has 0 bridgehead atoms. The van der Waals surface area contributed by atoms with Crippen molar-refractivity contribution in [3.05, 3.63) is 0 Å². The van der Waals surface area contributed by atoms with E-state index in [4.69, 9.17) is 48.8 Å². The molecule has 0 N–H and O–H groups in total. The Morgan fingerprint density at radius 3 is 1.08 bits per heavy atom. The van der Waals surface area contributed by atoms with Crippen molar-refractivity contribution < 1.29 is 14.0 Å². The lowest BCUT2D eigenvalue weighted by Crippen LogP contribution is -2.35. The second-order valence-electron chi connectivity index (χ2n) is 5.48. The van der Waals surface area contributed by atoms with E-state index in [1.807, 2.05) is 0 Å². The van der Waals surface area contributed by atoms with Gasteiger partial charge in [-0.3, -0.25) is 0 Å². The Kier molecular flexibility index (Phi) is 21.3. The summed E-state index contributed by atoms with van der Waals surface area (Å²) in [5, 5.41) is 2.84. The second kappa shape index (κ2) is 19.6. The Labute approximate surface area is 193 Å². The standard InChI is InChI=1S/C15H27BBr3Cl3O3/c17-10-4-1-7-13(20)23-16(24-14(21)8-2-5-11-18)25-15(22)9-3-6-12-19/h13-15H,1-12H2. The van der Waals surface area contributed by atoms with Crippen LogP contribution in [0.5, 0.6) is 0 Å². The highest BCUT2D eigenvalue weighted by Crippen LogP contribution is 2.20. The first-order valence-corrected chi connectivity index (χ1v) is 13.3. The van der Waals surface area contributed by atoms with Gasteiger partial charge in [0.05, 0.1) is 0 Å². The predicted molar refractivity (Wildman–Crippen MR) is 121 cm³/mol. The van der Waals surface area contributed by atoms with Gasteiger partial charge in [0.15, 0.2) is 0 Å². The normalized spacial score (nSPS) is 15.1. The van der Waals surface area contributed by atoms with Gasteiger partial charge in [-0.15, -0.1) is 0 Å². The summed E-state index contributed by atoms with van der Waals surface area (Å²) in [6.07, 6.45) is 8.11. The van der Waals surface area contributed by atoms with Crippen LogP contribution < -0.4 is 0 Å². The third kappa shape index (κ3) is 18.0. The van der Waals surface area contributed by atoms with Gasteiger partial charge < -0.3 is 14.0 Å². The van der Waals surface area contributed by atoms with Gasteiger partial charge in [0.1, 0.15) is 16.7 Å². The number of alkyl halides is 6. The van der Waals surface area contributed by atoms with Gasteiger partial charge in [0, 0.05) is 16.0 Å². The molecule has 0 spiro atoms. The Morgan fingerprint density at radius 2 is 0.840 bits per heavy atom. The van der Waals surface area contributed by atoms with Crippen LogP contribution in [0.1, 0.15) is 57.8 Å². The van der Waals surface area contributed by atoms with Crippen LogP contribution in [-0.2, 0) is 14.0 Å².